The second-order valence-corrected chi connectivity index (χ2v) is 3.29. The van der Waals surface area contributed by atoms with Crippen molar-refractivity contribution in [1.82, 2.24) is 5.43 Å². The van der Waals surface area contributed by atoms with Crippen LogP contribution in [-0.2, 0) is 4.79 Å². The first-order valence-electron chi connectivity index (χ1n) is 4.64. The number of nitrogens with one attached hydrogen (secondary N) is 1. The highest BCUT2D eigenvalue weighted by Gasteiger charge is 2.05. The highest BCUT2D eigenvalue weighted by molar-refractivity contribution is 6.04. The summed E-state index contributed by atoms with van der Waals surface area (Å²) >= 11 is 0. The molecule has 0 aromatic heterocycles. The number of hydrazone groups is 1. The standard InChI is InChI=1S/C12H14N2O/c1-9-5-4-6-12(15)10(2)7-11(9)8-14-13-3/h4-8,14H,3H2,1-2H3. The quantitative estimate of drug-likeness (QED) is 0.550. The summed E-state index contributed by atoms with van der Waals surface area (Å²) in [5.41, 5.74) is 5.36. The molecule has 1 rings (SSSR count). The maximum Gasteiger partial charge on any atom is 0.181 e. The molecule has 0 aliphatic heterocycles. The largest absolute Gasteiger partial charge is 0.290 e. The summed E-state index contributed by atoms with van der Waals surface area (Å²) in [7, 11) is 0. The van der Waals surface area contributed by atoms with Gasteiger partial charge >= 0.3 is 0 Å². The van der Waals surface area contributed by atoms with E-state index in [0.29, 0.717) is 5.57 Å². The Morgan fingerprint density at radius 2 is 2.13 bits per heavy atom. The van der Waals surface area contributed by atoms with E-state index < -0.39 is 0 Å². The van der Waals surface area contributed by atoms with Crippen LogP contribution in [0.2, 0.25) is 0 Å². The molecular formula is C12H14N2O. The monoisotopic (exact) mass is 202 g/mol. The lowest BCUT2D eigenvalue weighted by molar-refractivity contribution is -0.111. The van der Waals surface area contributed by atoms with E-state index in [9.17, 15) is 4.79 Å². The van der Waals surface area contributed by atoms with Crippen LogP contribution in [0, 0.1) is 0 Å². The number of hydrogen-bond donors (Lipinski definition) is 1. The Bertz CT molecular complexity index is 398. The Labute approximate surface area is 89.6 Å². The summed E-state index contributed by atoms with van der Waals surface area (Å²) in [6, 6.07) is 0. The molecule has 0 aromatic carbocycles. The molecule has 1 N–H and O–H groups in total. The van der Waals surface area contributed by atoms with Gasteiger partial charge in [0.25, 0.3) is 0 Å². The maximum atomic E-state index is 11.4. The van der Waals surface area contributed by atoms with Crippen molar-refractivity contribution in [2.24, 2.45) is 5.10 Å². The van der Waals surface area contributed by atoms with E-state index in [4.69, 9.17) is 0 Å². The first kappa shape index (κ1) is 11.2. The van der Waals surface area contributed by atoms with Gasteiger partial charge in [0.15, 0.2) is 5.78 Å². The van der Waals surface area contributed by atoms with Gasteiger partial charge in [0, 0.05) is 12.9 Å². The van der Waals surface area contributed by atoms with Crippen LogP contribution in [-0.4, -0.2) is 12.5 Å². The predicted octanol–water partition coefficient (Wildman–Crippen LogP) is 2.11. The summed E-state index contributed by atoms with van der Waals surface area (Å²) in [6.45, 7) is 7.08. The second-order valence-electron chi connectivity index (χ2n) is 3.29. The van der Waals surface area contributed by atoms with Gasteiger partial charge in [-0.2, -0.15) is 5.10 Å². The molecular weight excluding hydrogens is 188 g/mol. The van der Waals surface area contributed by atoms with E-state index in [0.717, 1.165) is 11.1 Å². The molecule has 0 aromatic rings. The fourth-order valence-corrected chi connectivity index (χ4v) is 1.20. The minimum Gasteiger partial charge on any atom is -0.290 e. The topological polar surface area (TPSA) is 41.5 Å². The Balaban J connectivity index is 3.12. The molecule has 3 nitrogen and oxygen atoms in total. The Hall–Kier alpha value is -1.90. The van der Waals surface area contributed by atoms with Crippen molar-refractivity contribution in [2.75, 3.05) is 0 Å². The number of hydrogen-bond acceptors (Lipinski definition) is 3. The highest BCUT2D eigenvalue weighted by atomic mass is 16.1. The first-order chi connectivity index (χ1) is 7.15. The fraction of sp³-hybridized carbons (Fsp3) is 0.167. The van der Waals surface area contributed by atoms with Crippen molar-refractivity contribution in [3.05, 3.63) is 47.2 Å². The van der Waals surface area contributed by atoms with E-state index >= 15 is 0 Å². The van der Waals surface area contributed by atoms with Crippen LogP contribution in [0.4, 0.5) is 0 Å². The van der Waals surface area contributed by atoms with Gasteiger partial charge in [0.05, 0.1) is 0 Å². The third-order valence-electron chi connectivity index (χ3n) is 2.12. The van der Waals surface area contributed by atoms with Gasteiger partial charge in [-0.25, -0.2) is 0 Å². The van der Waals surface area contributed by atoms with Crippen LogP contribution in [0.5, 0.6) is 0 Å². The third kappa shape index (κ3) is 3.06. The molecule has 0 fully saturated rings. The molecule has 3 heteroatoms. The Morgan fingerprint density at radius 3 is 2.80 bits per heavy atom. The van der Waals surface area contributed by atoms with E-state index in [2.05, 4.69) is 17.2 Å². The van der Waals surface area contributed by atoms with Gasteiger partial charge in [-0.05, 0) is 42.7 Å². The Kier molecular flexibility index (Phi) is 3.80. The molecule has 0 heterocycles. The van der Waals surface area contributed by atoms with Crippen molar-refractivity contribution in [3.8, 4) is 0 Å². The molecule has 1 aliphatic carbocycles. The molecule has 0 amide bonds. The minimum atomic E-state index is 0.0243. The van der Waals surface area contributed by atoms with Gasteiger partial charge in [-0.3, -0.25) is 10.2 Å². The number of carbonyl (C=O) groups excluding carboxylic acids is 1. The summed E-state index contributed by atoms with van der Waals surface area (Å²) in [5.74, 6) is 0.0243. The zero-order valence-corrected chi connectivity index (χ0v) is 8.95. The third-order valence-corrected chi connectivity index (χ3v) is 2.12. The normalized spacial score (nSPS) is 19.1. The number of carbonyl (C=O) groups is 1. The maximum absolute atomic E-state index is 11.4. The summed E-state index contributed by atoms with van der Waals surface area (Å²) < 4.78 is 0. The highest BCUT2D eigenvalue weighted by Crippen LogP contribution is 2.15. The Morgan fingerprint density at radius 1 is 1.40 bits per heavy atom. The van der Waals surface area contributed by atoms with Crippen molar-refractivity contribution in [2.45, 2.75) is 13.8 Å². The van der Waals surface area contributed by atoms with Gasteiger partial charge < -0.3 is 0 Å². The van der Waals surface area contributed by atoms with Gasteiger partial charge in [0.1, 0.15) is 0 Å². The van der Waals surface area contributed by atoms with Crippen LogP contribution in [0.1, 0.15) is 13.8 Å². The molecule has 0 saturated heterocycles. The van der Waals surface area contributed by atoms with Crippen molar-refractivity contribution in [1.29, 1.82) is 0 Å². The lowest BCUT2D eigenvalue weighted by atomic mass is 10.0. The van der Waals surface area contributed by atoms with Crippen LogP contribution < -0.4 is 5.43 Å². The van der Waals surface area contributed by atoms with Gasteiger partial charge in [-0.1, -0.05) is 12.2 Å². The van der Waals surface area contributed by atoms with Crippen LogP contribution in [0.25, 0.3) is 0 Å². The van der Waals surface area contributed by atoms with E-state index in [-0.39, 0.29) is 5.78 Å². The molecule has 1 aliphatic rings. The van der Waals surface area contributed by atoms with Gasteiger partial charge in [0.2, 0.25) is 0 Å². The number of rotatable bonds is 2. The minimum absolute atomic E-state index is 0.0243. The second kappa shape index (κ2) is 5.10. The lowest BCUT2D eigenvalue weighted by Crippen LogP contribution is -2.00. The lowest BCUT2D eigenvalue weighted by Gasteiger charge is -2.06. The zero-order valence-electron chi connectivity index (χ0n) is 8.95. The molecule has 0 spiro atoms. The number of allylic oxidation sites excluding steroid dienone is 7. The summed E-state index contributed by atoms with van der Waals surface area (Å²) in [5, 5.41) is 3.53. The number of nitrogens with zero attached hydrogens (tertiary/aromatic N) is 1. The smallest absolute Gasteiger partial charge is 0.181 e. The van der Waals surface area contributed by atoms with Crippen LogP contribution >= 0.6 is 0 Å². The van der Waals surface area contributed by atoms with E-state index in [1.165, 1.54) is 0 Å². The average molecular weight is 202 g/mol. The molecule has 0 unspecified atom stereocenters. The van der Waals surface area contributed by atoms with Crippen LogP contribution in [0.15, 0.2) is 52.3 Å². The SMILES string of the molecule is C=NNC=C1C=C(C)C(=O)C=CC=C1C. The van der Waals surface area contributed by atoms with Gasteiger partial charge in [-0.15, -0.1) is 0 Å². The molecule has 15 heavy (non-hydrogen) atoms. The summed E-state index contributed by atoms with van der Waals surface area (Å²) in [6.07, 6.45) is 8.75. The first-order valence-corrected chi connectivity index (χ1v) is 4.64. The molecule has 78 valence electrons. The number of ketones is 1. The summed E-state index contributed by atoms with van der Waals surface area (Å²) in [4.78, 5) is 11.4. The molecule has 0 saturated carbocycles. The average Bonchev–Trinajstić information content (AvgIpc) is 2.21. The fourth-order valence-electron chi connectivity index (χ4n) is 1.20. The van der Waals surface area contributed by atoms with Crippen LogP contribution in [0.3, 0.4) is 0 Å². The molecule has 0 radical (unpaired) electrons. The predicted molar refractivity (Wildman–Crippen MR) is 62.4 cm³/mol. The van der Waals surface area contributed by atoms with E-state index in [1.54, 1.807) is 25.3 Å². The van der Waals surface area contributed by atoms with Crippen molar-refractivity contribution in [3.63, 3.8) is 0 Å². The zero-order chi connectivity index (χ0) is 11.3. The molecule has 0 atom stereocenters. The molecule has 0 bridgehead atoms. The van der Waals surface area contributed by atoms with Crippen molar-refractivity contribution >= 4 is 12.5 Å². The van der Waals surface area contributed by atoms with E-state index in [1.807, 2.05) is 19.1 Å². The van der Waals surface area contributed by atoms with Crippen molar-refractivity contribution < 1.29 is 4.79 Å².